The van der Waals surface area contributed by atoms with Gasteiger partial charge in [0.15, 0.2) is 17.7 Å². The smallest absolute Gasteiger partial charge is 0.303 e. The molecule has 0 spiro atoms. The molecule has 3 rings (SSSR count). The Morgan fingerprint density at radius 3 is 2.52 bits per heavy atom. The predicted octanol–water partition coefficient (Wildman–Crippen LogP) is 3.66. The second-order valence-electron chi connectivity index (χ2n) is 5.37. The standard InChI is InChI=1S/C19H15N3O3/c1-12(23)25-18(13-7-3-2-4-8-13)17(24)14(11-20)19-21-15-9-5-6-10-16(15)22-19/h2-10,18,24H,1H3,(H,21,22)/t18-/m0/s1. The molecule has 0 aliphatic carbocycles. The molecule has 0 radical (unpaired) electrons. The quantitative estimate of drug-likeness (QED) is 0.431. The molecule has 25 heavy (non-hydrogen) atoms. The number of nitrogens with zero attached hydrogens (tertiary/aromatic N) is 2. The van der Waals surface area contributed by atoms with Crippen molar-refractivity contribution in [1.82, 2.24) is 9.97 Å². The van der Waals surface area contributed by atoms with Crippen molar-refractivity contribution in [2.45, 2.75) is 13.0 Å². The van der Waals surface area contributed by atoms with Crippen molar-refractivity contribution in [1.29, 1.82) is 5.26 Å². The van der Waals surface area contributed by atoms with Gasteiger partial charge in [-0.15, -0.1) is 0 Å². The summed E-state index contributed by atoms with van der Waals surface area (Å²) in [5.41, 5.74) is 1.88. The topological polar surface area (TPSA) is 99.0 Å². The lowest BCUT2D eigenvalue weighted by atomic mass is 10.0. The molecule has 0 aliphatic heterocycles. The number of aromatic amines is 1. The van der Waals surface area contributed by atoms with E-state index in [1.165, 1.54) is 6.92 Å². The molecule has 2 N–H and O–H groups in total. The number of nitriles is 1. The highest BCUT2D eigenvalue weighted by Gasteiger charge is 2.25. The number of aliphatic hydroxyl groups excluding tert-OH is 1. The van der Waals surface area contributed by atoms with Gasteiger partial charge in [0.1, 0.15) is 11.6 Å². The highest BCUT2D eigenvalue weighted by atomic mass is 16.6. The molecule has 0 bridgehead atoms. The van der Waals surface area contributed by atoms with Crippen molar-refractivity contribution < 1.29 is 14.6 Å². The van der Waals surface area contributed by atoms with Crippen LogP contribution in [-0.4, -0.2) is 21.0 Å². The van der Waals surface area contributed by atoms with Crippen LogP contribution < -0.4 is 0 Å². The van der Waals surface area contributed by atoms with Crippen LogP contribution in [0.25, 0.3) is 16.6 Å². The average molecular weight is 333 g/mol. The fourth-order valence-electron chi connectivity index (χ4n) is 2.51. The molecule has 0 saturated carbocycles. The van der Waals surface area contributed by atoms with Crippen LogP contribution in [0, 0.1) is 11.3 Å². The van der Waals surface area contributed by atoms with E-state index in [9.17, 15) is 15.2 Å². The van der Waals surface area contributed by atoms with Gasteiger partial charge in [0, 0.05) is 12.5 Å². The van der Waals surface area contributed by atoms with Crippen LogP contribution in [0.5, 0.6) is 0 Å². The molecule has 1 atom stereocenters. The number of aliphatic hydroxyl groups is 1. The number of ether oxygens (including phenoxy) is 1. The Kier molecular flexibility index (Phi) is 4.48. The number of aromatic nitrogens is 2. The van der Waals surface area contributed by atoms with Crippen molar-refractivity contribution in [3.63, 3.8) is 0 Å². The molecule has 0 fully saturated rings. The Labute approximate surface area is 144 Å². The van der Waals surface area contributed by atoms with Crippen LogP contribution in [0.3, 0.4) is 0 Å². The molecule has 0 amide bonds. The third-order valence-corrected chi connectivity index (χ3v) is 3.63. The second kappa shape index (κ2) is 6.89. The molecule has 0 aliphatic rings. The van der Waals surface area contributed by atoms with E-state index in [0.717, 1.165) is 5.52 Å². The summed E-state index contributed by atoms with van der Waals surface area (Å²) in [7, 11) is 0. The first-order chi connectivity index (χ1) is 12.1. The number of carbonyl (C=O) groups is 1. The molecule has 3 aromatic rings. The normalized spacial score (nSPS) is 13.0. The number of carbonyl (C=O) groups excluding carboxylic acids is 1. The van der Waals surface area contributed by atoms with E-state index in [0.29, 0.717) is 11.1 Å². The Hall–Kier alpha value is -3.59. The summed E-state index contributed by atoms with van der Waals surface area (Å²) in [6, 6.07) is 18.0. The van der Waals surface area contributed by atoms with E-state index < -0.39 is 12.1 Å². The minimum absolute atomic E-state index is 0.0775. The first-order valence-electron chi connectivity index (χ1n) is 7.60. The fourth-order valence-corrected chi connectivity index (χ4v) is 2.51. The van der Waals surface area contributed by atoms with Gasteiger partial charge in [-0.05, 0) is 12.1 Å². The molecule has 6 nitrogen and oxygen atoms in total. The zero-order valence-electron chi connectivity index (χ0n) is 13.4. The van der Waals surface area contributed by atoms with E-state index in [1.54, 1.807) is 36.4 Å². The summed E-state index contributed by atoms with van der Waals surface area (Å²) in [6.07, 6.45) is -1.08. The number of H-pyrrole nitrogens is 1. The van der Waals surface area contributed by atoms with E-state index in [4.69, 9.17) is 4.74 Å². The van der Waals surface area contributed by atoms with Crippen LogP contribution in [0.1, 0.15) is 24.4 Å². The van der Waals surface area contributed by atoms with E-state index in [1.807, 2.05) is 24.3 Å². The lowest BCUT2D eigenvalue weighted by Gasteiger charge is -2.17. The van der Waals surface area contributed by atoms with Gasteiger partial charge in [-0.2, -0.15) is 5.26 Å². The maximum atomic E-state index is 11.5. The summed E-state index contributed by atoms with van der Waals surface area (Å²) in [4.78, 5) is 18.8. The largest absolute Gasteiger partial charge is 0.507 e. The van der Waals surface area contributed by atoms with Crippen molar-refractivity contribution in [3.05, 3.63) is 71.7 Å². The number of fused-ring (bicyclic) bond motifs is 1. The Balaban J connectivity index is 2.12. The summed E-state index contributed by atoms with van der Waals surface area (Å²) in [6.45, 7) is 1.25. The van der Waals surface area contributed by atoms with Gasteiger partial charge in [-0.25, -0.2) is 4.98 Å². The van der Waals surface area contributed by atoms with E-state index >= 15 is 0 Å². The molecular formula is C19H15N3O3. The lowest BCUT2D eigenvalue weighted by Crippen LogP contribution is -2.12. The molecule has 1 aromatic heterocycles. The van der Waals surface area contributed by atoms with Gasteiger partial charge in [0.25, 0.3) is 0 Å². The van der Waals surface area contributed by atoms with Crippen LogP contribution in [0.15, 0.2) is 60.4 Å². The monoisotopic (exact) mass is 333 g/mol. The van der Waals surface area contributed by atoms with Gasteiger partial charge in [-0.3, -0.25) is 4.79 Å². The first-order valence-corrected chi connectivity index (χ1v) is 7.60. The maximum absolute atomic E-state index is 11.5. The van der Waals surface area contributed by atoms with Crippen molar-refractivity contribution in [3.8, 4) is 6.07 Å². The Morgan fingerprint density at radius 2 is 1.88 bits per heavy atom. The Morgan fingerprint density at radius 1 is 1.20 bits per heavy atom. The summed E-state index contributed by atoms with van der Waals surface area (Å²) in [5.74, 6) is -0.723. The lowest BCUT2D eigenvalue weighted by molar-refractivity contribution is -0.146. The number of hydrogen-bond acceptors (Lipinski definition) is 5. The van der Waals surface area contributed by atoms with Crippen molar-refractivity contribution in [2.24, 2.45) is 0 Å². The second-order valence-corrected chi connectivity index (χ2v) is 5.37. The van der Waals surface area contributed by atoms with Gasteiger partial charge in [0.05, 0.1) is 11.0 Å². The minimum Gasteiger partial charge on any atom is -0.507 e. The number of imidazole rings is 1. The zero-order valence-corrected chi connectivity index (χ0v) is 13.4. The molecule has 1 heterocycles. The minimum atomic E-state index is -1.08. The highest BCUT2D eigenvalue weighted by molar-refractivity contribution is 5.83. The summed E-state index contributed by atoms with van der Waals surface area (Å²) in [5, 5.41) is 20.2. The van der Waals surface area contributed by atoms with E-state index in [-0.39, 0.29) is 17.2 Å². The average Bonchev–Trinajstić information content (AvgIpc) is 3.04. The van der Waals surface area contributed by atoms with Crippen LogP contribution in [0.4, 0.5) is 0 Å². The van der Waals surface area contributed by atoms with Crippen LogP contribution >= 0.6 is 0 Å². The highest BCUT2D eigenvalue weighted by Crippen LogP contribution is 2.30. The van der Waals surface area contributed by atoms with Crippen molar-refractivity contribution in [2.75, 3.05) is 0 Å². The van der Waals surface area contributed by atoms with Gasteiger partial charge in [-0.1, -0.05) is 42.5 Å². The molecule has 124 valence electrons. The molecule has 6 heteroatoms. The summed E-state index contributed by atoms with van der Waals surface area (Å²) >= 11 is 0. The molecule has 0 saturated heterocycles. The Bertz CT molecular complexity index is 951. The number of para-hydroxylation sites is 2. The first kappa shape index (κ1) is 16.3. The van der Waals surface area contributed by atoms with Crippen LogP contribution in [-0.2, 0) is 9.53 Å². The number of esters is 1. The van der Waals surface area contributed by atoms with Gasteiger partial charge < -0.3 is 14.8 Å². The number of rotatable bonds is 4. The molecular weight excluding hydrogens is 318 g/mol. The molecule has 2 aromatic carbocycles. The molecule has 0 unspecified atom stereocenters. The fraction of sp³-hybridized carbons (Fsp3) is 0.105. The summed E-state index contributed by atoms with van der Waals surface area (Å²) < 4.78 is 5.24. The van der Waals surface area contributed by atoms with E-state index in [2.05, 4.69) is 9.97 Å². The van der Waals surface area contributed by atoms with Gasteiger partial charge in [0.2, 0.25) is 0 Å². The third-order valence-electron chi connectivity index (χ3n) is 3.63. The zero-order chi connectivity index (χ0) is 17.8. The number of nitrogens with one attached hydrogen (secondary N) is 1. The SMILES string of the molecule is CC(=O)O[C@H](C(O)=C(C#N)c1nc2ccccc2[nH]1)c1ccccc1. The van der Waals surface area contributed by atoms with Crippen molar-refractivity contribution >= 4 is 22.6 Å². The third kappa shape index (κ3) is 3.35. The number of hydrogen-bond donors (Lipinski definition) is 2. The number of allylic oxidation sites excluding steroid dienone is 1. The number of benzene rings is 2. The van der Waals surface area contributed by atoms with Gasteiger partial charge >= 0.3 is 5.97 Å². The predicted molar refractivity (Wildman–Crippen MR) is 92.2 cm³/mol. The maximum Gasteiger partial charge on any atom is 0.303 e. The van der Waals surface area contributed by atoms with Crippen LogP contribution in [0.2, 0.25) is 0 Å².